The van der Waals surface area contributed by atoms with Crippen molar-refractivity contribution in [1.29, 1.82) is 0 Å². The van der Waals surface area contributed by atoms with E-state index in [1.165, 1.54) is 32.1 Å². The molecule has 1 saturated carbocycles. The summed E-state index contributed by atoms with van der Waals surface area (Å²) in [7, 11) is 0. The zero-order valence-electron chi connectivity index (χ0n) is 10.1. The third kappa shape index (κ3) is 1.78. The average Bonchev–Trinajstić information content (AvgIpc) is 2.08. The van der Waals surface area contributed by atoms with Gasteiger partial charge in [-0.3, -0.25) is 0 Å². The first-order valence-corrected chi connectivity index (χ1v) is 5.94. The van der Waals surface area contributed by atoms with E-state index >= 15 is 0 Å². The van der Waals surface area contributed by atoms with Crippen LogP contribution in [0, 0.1) is 16.7 Å². The number of hydrogen-bond donors (Lipinski definition) is 0. The Labute approximate surface area is 84.1 Å². The summed E-state index contributed by atoms with van der Waals surface area (Å²) in [5.74, 6) is 0.878. The molecule has 0 bridgehead atoms. The minimum Gasteiger partial charge on any atom is -0.0651 e. The topological polar surface area (TPSA) is 0 Å². The van der Waals surface area contributed by atoms with Crippen molar-refractivity contribution in [2.24, 2.45) is 16.7 Å². The fourth-order valence-corrected chi connectivity index (χ4v) is 3.05. The van der Waals surface area contributed by atoms with Crippen molar-refractivity contribution in [2.75, 3.05) is 0 Å². The van der Waals surface area contributed by atoms with Gasteiger partial charge in [0, 0.05) is 0 Å². The van der Waals surface area contributed by atoms with E-state index in [4.69, 9.17) is 0 Å². The maximum atomic E-state index is 2.51. The highest BCUT2D eigenvalue weighted by Gasteiger charge is 2.45. The molecular formula is C13H26. The summed E-state index contributed by atoms with van der Waals surface area (Å²) in [6.45, 7) is 12.2. The van der Waals surface area contributed by atoms with Gasteiger partial charge in [-0.15, -0.1) is 0 Å². The molecule has 0 aromatic carbocycles. The summed E-state index contributed by atoms with van der Waals surface area (Å²) in [6.07, 6.45) is 7.09. The Bertz CT molecular complexity index is 169. The van der Waals surface area contributed by atoms with Crippen LogP contribution in [0.4, 0.5) is 0 Å². The second-order valence-corrected chi connectivity index (χ2v) is 5.82. The summed E-state index contributed by atoms with van der Waals surface area (Å²) < 4.78 is 0. The highest BCUT2D eigenvalue weighted by atomic mass is 14.5. The van der Waals surface area contributed by atoms with Crippen LogP contribution in [-0.2, 0) is 0 Å². The van der Waals surface area contributed by atoms with Crippen LogP contribution in [0.3, 0.4) is 0 Å². The molecule has 1 rings (SSSR count). The first kappa shape index (κ1) is 11.1. The minimum atomic E-state index is 0.556. The van der Waals surface area contributed by atoms with Crippen LogP contribution in [0.2, 0.25) is 0 Å². The Morgan fingerprint density at radius 3 is 2.08 bits per heavy atom. The normalized spacial score (nSPS) is 35.8. The zero-order valence-corrected chi connectivity index (χ0v) is 10.1. The summed E-state index contributed by atoms with van der Waals surface area (Å²) >= 11 is 0. The molecule has 0 saturated heterocycles. The molecule has 0 aromatic heterocycles. The predicted molar refractivity (Wildman–Crippen MR) is 59.8 cm³/mol. The molecule has 13 heavy (non-hydrogen) atoms. The highest BCUT2D eigenvalue weighted by molar-refractivity contribution is 4.95. The van der Waals surface area contributed by atoms with E-state index in [1.807, 2.05) is 0 Å². The van der Waals surface area contributed by atoms with Crippen LogP contribution >= 0.6 is 0 Å². The molecular weight excluding hydrogens is 156 g/mol. The molecule has 1 aliphatic rings. The zero-order chi connectivity index (χ0) is 10.1. The first-order valence-electron chi connectivity index (χ1n) is 5.94. The van der Waals surface area contributed by atoms with E-state index < -0.39 is 0 Å². The van der Waals surface area contributed by atoms with E-state index in [0.29, 0.717) is 10.8 Å². The lowest BCUT2D eigenvalue weighted by atomic mass is 9.53. The van der Waals surface area contributed by atoms with Crippen molar-refractivity contribution < 1.29 is 0 Å². The monoisotopic (exact) mass is 182 g/mol. The van der Waals surface area contributed by atoms with Gasteiger partial charge in [0.15, 0.2) is 0 Å². The van der Waals surface area contributed by atoms with Crippen LogP contribution in [0.15, 0.2) is 0 Å². The van der Waals surface area contributed by atoms with Crippen LogP contribution in [0.25, 0.3) is 0 Å². The van der Waals surface area contributed by atoms with Crippen LogP contribution in [-0.4, -0.2) is 0 Å². The molecule has 1 aliphatic carbocycles. The minimum absolute atomic E-state index is 0.556. The fraction of sp³-hybridized carbons (Fsp3) is 1.00. The Morgan fingerprint density at radius 2 is 1.62 bits per heavy atom. The molecule has 0 heterocycles. The molecule has 0 aliphatic heterocycles. The van der Waals surface area contributed by atoms with Crippen LogP contribution in [0.5, 0.6) is 0 Å². The van der Waals surface area contributed by atoms with Gasteiger partial charge in [-0.05, 0) is 29.6 Å². The number of hydrogen-bond acceptors (Lipinski definition) is 0. The van der Waals surface area contributed by atoms with Gasteiger partial charge in [0.25, 0.3) is 0 Å². The van der Waals surface area contributed by atoms with Crippen LogP contribution in [0.1, 0.15) is 66.7 Å². The molecule has 0 aromatic rings. The van der Waals surface area contributed by atoms with Crippen molar-refractivity contribution >= 4 is 0 Å². The third-order valence-corrected chi connectivity index (χ3v) is 4.99. The first-order chi connectivity index (χ1) is 5.94. The smallest absolute Gasteiger partial charge is 0.0249 e. The molecule has 0 amide bonds. The maximum absolute atomic E-state index is 2.51. The molecule has 0 radical (unpaired) electrons. The van der Waals surface area contributed by atoms with E-state index in [2.05, 4.69) is 34.6 Å². The molecule has 1 fully saturated rings. The van der Waals surface area contributed by atoms with Gasteiger partial charge in [-0.2, -0.15) is 0 Å². The van der Waals surface area contributed by atoms with Crippen molar-refractivity contribution in [1.82, 2.24) is 0 Å². The largest absolute Gasteiger partial charge is 0.0651 e. The molecule has 0 heteroatoms. The SMILES string of the molecule is CCC(C)C1(C)CCCCC1(C)C. The quantitative estimate of drug-likeness (QED) is 0.583. The van der Waals surface area contributed by atoms with Gasteiger partial charge in [-0.1, -0.05) is 53.9 Å². The molecule has 2 unspecified atom stereocenters. The summed E-state index contributed by atoms with van der Waals surface area (Å²) in [5.41, 5.74) is 1.14. The lowest BCUT2D eigenvalue weighted by Gasteiger charge is -2.52. The average molecular weight is 182 g/mol. The van der Waals surface area contributed by atoms with Crippen LogP contribution < -0.4 is 0 Å². The Kier molecular flexibility index (Phi) is 3.09. The fourth-order valence-electron chi connectivity index (χ4n) is 3.05. The lowest BCUT2D eigenvalue weighted by Crippen LogP contribution is -2.42. The van der Waals surface area contributed by atoms with E-state index in [1.54, 1.807) is 0 Å². The maximum Gasteiger partial charge on any atom is -0.0249 e. The highest BCUT2D eigenvalue weighted by Crippen LogP contribution is 2.54. The van der Waals surface area contributed by atoms with E-state index in [9.17, 15) is 0 Å². The lowest BCUT2D eigenvalue weighted by molar-refractivity contribution is -0.0180. The predicted octanol–water partition coefficient (Wildman–Crippen LogP) is 4.64. The Balaban J connectivity index is 2.83. The standard InChI is InChI=1S/C13H26/c1-6-11(2)13(5)10-8-7-9-12(13,3)4/h11H,6-10H2,1-5H3. The molecule has 0 N–H and O–H groups in total. The van der Waals surface area contributed by atoms with Crippen molar-refractivity contribution in [3.63, 3.8) is 0 Å². The Morgan fingerprint density at radius 1 is 1.08 bits per heavy atom. The van der Waals surface area contributed by atoms with Gasteiger partial charge >= 0.3 is 0 Å². The van der Waals surface area contributed by atoms with Gasteiger partial charge < -0.3 is 0 Å². The van der Waals surface area contributed by atoms with Crippen molar-refractivity contribution in [2.45, 2.75) is 66.7 Å². The van der Waals surface area contributed by atoms with Gasteiger partial charge in [0.1, 0.15) is 0 Å². The third-order valence-electron chi connectivity index (χ3n) is 4.99. The number of rotatable bonds is 2. The summed E-state index contributed by atoms with van der Waals surface area (Å²) in [4.78, 5) is 0. The summed E-state index contributed by atoms with van der Waals surface area (Å²) in [6, 6.07) is 0. The molecule has 2 atom stereocenters. The van der Waals surface area contributed by atoms with Crippen molar-refractivity contribution in [3.8, 4) is 0 Å². The van der Waals surface area contributed by atoms with Crippen molar-refractivity contribution in [3.05, 3.63) is 0 Å². The molecule has 0 nitrogen and oxygen atoms in total. The molecule has 0 spiro atoms. The van der Waals surface area contributed by atoms with Gasteiger partial charge in [-0.25, -0.2) is 0 Å². The summed E-state index contributed by atoms with van der Waals surface area (Å²) in [5, 5.41) is 0. The van der Waals surface area contributed by atoms with Gasteiger partial charge in [0.05, 0.1) is 0 Å². The molecule has 78 valence electrons. The second-order valence-electron chi connectivity index (χ2n) is 5.82. The Hall–Kier alpha value is 0. The van der Waals surface area contributed by atoms with Gasteiger partial charge in [0.2, 0.25) is 0 Å². The second kappa shape index (κ2) is 3.63. The van der Waals surface area contributed by atoms with E-state index in [-0.39, 0.29) is 0 Å². The van der Waals surface area contributed by atoms with E-state index in [0.717, 1.165) is 5.92 Å².